The molecule has 1 saturated heterocycles. The van der Waals surface area contributed by atoms with Crippen molar-refractivity contribution in [3.8, 4) is 0 Å². The van der Waals surface area contributed by atoms with Crippen LogP contribution >= 0.6 is 23.2 Å². The van der Waals surface area contributed by atoms with E-state index in [9.17, 15) is 9.59 Å². The summed E-state index contributed by atoms with van der Waals surface area (Å²) in [5, 5.41) is 0.747. The number of anilines is 1. The van der Waals surface area contributed by atoms with Gasteiger partial charge in [-0.25, -0.2) is 9.69 Å². The minimum Gasteiger partial charge on any atom is -0.383 e. The molecule has 1 aliphatic rings. The van der Waals surface area contributed by atoms with E-state index in [1.54, 1.807) is 6.07 Å². The molecule has 1 aromatic rings. The average molecular weight is 303 g/mol. The fraction of sp³-hybridized carbons (Fsp3) is 0.333. The van der Waals surface area contributed by atoms with E-state index in [1.165, 1.54) is 24.1 Å². The monoisotopic (exact) mass is 302 g/mol. The third-order valence-electron chi connectivity index (χ3n) is 2.71. The summed E-state index contributed by atoms with van der Waals surface area (Å²) in [5.41, 5.74) is 0.382. The molecule has 0 unspecified atom stereocenters. The molecule has 102 valence electrons. The molecule has 0 atom stereocenters. The number of hydrogen-bond acceptors (Lipinski definition) is 3. The molecule has 19 heavy (non-hydrogen) atoms. The molecule has 3 amide bonds. The lowest BCUT2D eigenvalue weighted by atomic mass is 10.3. The fourth-order valence-electron chi connectivity index (χ4n) is 1.85. The van der Waals surface area contributed by atoms with E-state index in [2.05, 4.69) is 0 Å². The first-order valence-electron chi connectivity index (χ1n) is 5.60. The van der Waals surface area contributed by atoms with Crippen molar-refractivity contribution < 1.29 is 14.3 Å². The van der Waals surface area contributed by atoms with Gasteiger partial charge in [-0.05, 0) is 18.2 Å². The van der Waals surface area contributed by atoms with Crippen molar-refractivity contribution in [3.63, 3.8) is 0 Å². The number of nitrogens with zero attached hydrogens (tertiary/aromatic N) is 2. The molecule has 1 aromatic carbocycles. The summed E-state index contributed by atoms with van der Waals surface area (Å²) in [6, 6.07) is 4.22. The van der Waals surface area contributed by atoms with Crippen molar-refractivity contribution in [2.45, 2.75) is 0 Å². The Morgan fingerprint density at radius 3 is 2.42 bits per heavy atom. The van der Waals surface area contributed by atoms with Crippen molar-refractivity contribution in [1.82, 2.24) is 4.90 Å². The number of benzene rings is 1. The zero-order valence-electron chi connectivity index (χ0n) is 10.2. The standard InChI is InChI=1S/C12H12Cl2N2O3/c1-19-3-2-15-7-11(17)16(12(15)18)10-5-8(13)4-9(14)6-10/h4-6H,2-3,7H2,1H3. The van der Waals surface area contributed by atoms with Crippen molar-refractivity contribution >= 4 is 40.8 Å². The third-order valence-corrected chi connectivity index (χ3v) is 3.14. The van der Waals surface area contributed by atoms with Crippen LogP contribution in [0.5, 0.6) is 0 Å². The first kappa shape index (κ1) is 14.1. The van der Waals surface area contributed by atoms with Crippen molar-refractivity contribution in [2.24, 2.45) is 0 Å². The van der Waals surface area contributed by atoms with Gasteiger partial charge in [0, 0.05) is 23.7 Å². The van der Waals surface area contributed by atoms with Crippen LogP contribution in [-0.2, 0) is 9.53 Å². The van der Waals surface area contributed by atoms with E-state index in [1.807, 2.05) is 0 Å². The molecule has 0 saturated carbocycles. The Kier molecular flexibility index (Phi) is 4.29. The van der Waals surface area contributed by atoms with Gasteiger partial charge in [0.25, 0.3) is 5.91 Å². The predicted molar refractivity (Wildman–Crippen MR) is 72.8 cm³/mol. The van der Waals surface area contributed by atoms with Crippen LogP contribution < -0.4 is 4.90 Å². The van der Waals surface area contributed by atoms with Crippen LogP contribution in [0.3, 0.4) is 0 Å². The van der Waals surface area contributed by atoms with Gasteiger partial charge in [-0.1, -0.05) is 23.2 Å². The minimum atomic E-state index is -0.389. The van der Waals surface area contributed by atoms with Gasteiger partial charge in [0.05, 0.1) is 12.3 Å². The Morgan fingerprint density at radius 1 is 1.21 bits per heavy atom. The molecular weight excluding hydrogens is 291 g/mol. The zero-order chi connectivity index (χ0) is 14.0. The molecule has 0 aliphatic carbocycles. The molecule has 7 heteroatoms. The van der Waals surface area contributed by atoms with Crippen LogP contribution in [0.2, 0.25) is 10.0 Å². The highest BCUT2D eigenvalue weighted by Gasteiger charge is 2.36. The van der Waals surface area contributed by atoms with Gasteiger partial charge in [-0.15, -0.1) is 0 Å². The summed E-state index contributed by atoms with van der Waals surface area (Å²) >= 11 is 11.8. The number of carbonyl (C=O) groups is 2. The molecule has 0 bridgehead atoms. The molecule has 0 aromatic heterocycles. The van der Waals surface area contributed by atoms with Gasteiger partial charge in [-0.2, -0.15) is 0 Å². The van der Waals surface area contributed by atoms with Crippen LogP contribution in [0, 0.1) is 0 Å². The molecular formula is C12H12Cl2N2O3. The highest BCUT2D eigenvalue weighted by Crippen LogP contribution is 2.28. The number of rotatable bonds is 4. The maximum Gasteiger partial charge on any atom is 0.331 e. The summed E-state index contributed by atoms with van der Waals surface area (Å²) in [6.45, 7) is 0.779. The second kappa shape index (κ2) is 5.77. The molecule has 0 spiro atoms. The lowest BCUT2D eigenvalue weighted by molar-refractivity contribution is -0.116. The summed E-state index contributed by atoms with van der Waals surface area (Å²) < 4.78 is 4.90. The first-order chi connectivity index (χ1) is 9.02. The topological polar surface area (TPSA) is 49.9 Å². The van der Waals surface area contributed by atoms with Gasteiger partial charge in [-0.3, -0.25) is 4.79 Å². The van der Waals surface area contributed by atoms with Crippen molar-refractivity contribution in [3.05, 3.63) is 28.2 Å². The Bertz CT molecular complexity index is 501. The van der Waals surface area contributed by atoms with E-state index in [-0.39, 0.29) is 18.5 Å². The van der Waals surface area contributed by atoms with Gasteiger partial charge in [0.2, 0.25) is 0 Å². The van der Waals surface area contributed by atoms with Crippen LogP contribution in [0.4, 0.5) is 10.5 Å². The Labute approximate surface area is 120 Å². The second-order valence-electron chi connectivity index (χ2n) is 4.05. The van der Waals surface area contributed by atoms with E-state index in [0.29, 0.717) is 28.9 Å². The number of hydrogen-bond donors (Lipinski definition) is 0. The normalized spacial score (nSPS) is 15.5. The SMILES string of the molecule is COCCN1CC(=O)N(c2cc(Cl)cc(Cl)c2)C1=O. The number of halogens is 2. The summed E-state index contributed by atoms with van der Waals surface area (Å²) in [4.78, 5) is 26.5. The maximum atomic E-state index is 12.1. The van der Waals surface area contributed by atoms with Crippen LogP contribution in [-0.4, -0.2) is 43.6 Å². The second-order valence-corrected chi connectivity index (χ2v) is 4.93. The maximum absolute atomic E-state index is 12.1. The number of amides is 3. The van der Waals surface area contributed by atoms with Crippen molar-refractivity contribution in [1.29, 1.82) is 0 Å². The molecule has 0 radical (unpaired) electrons. The highest BCUT2D eigenvalue weighted by molar-refractivity contribution is 6.35. The Morgan fingerprint density at radius 2 is 1.84 bits per heavy atom. The molecule has 0 N–H and O–H groups in total. The largest absolute Gasteiger partial charge is 0.383 e. The smallest absolute Gasteiger partial charge is 0.331 e. The lowest BCUT2D eigenvalue weighted by Gasteiger charge is -2.17. The molecule has 1 aliphatic heterocycles. The molecule has 1 fully saturated rings. The number of ether oxygens (including phenoxy) is 1. The molecule has 1 heterocycles. The van der Waals surface area contributed by atoms with E-state index in [4.69, 9.17) is 27.9 Å². The number of imide groups is 1. The number of urea groups is 1. The quantitative estimate of drug-likeness (QED) is 0.803. The van der Waals surface area contributed by atoms with Crippen molar-refractivity contribution in [2.75, 3.05) is 31.7 Å². The number of methoxy groups -OCH3 is 1. The zero-order valence-corrected chi connectivity index (χ0v) is 11.7. The van der Waals surface area contributed by atoms with Crippen LogP contribution in [0.25, 0.3) is 0 Å². The Balaban J connectivity index is 2.24. The fourth-order valence-corrected chi connectivity index (χ4v) is 2.36. The molecule has 2 rings (SSSR count). The molecule has 5 nitrogen and oxygen atoms in total. The average Bonchev–Trinajstić information content (AvgIpc) is 2.60. The van der Waals surface area contributed by atoms with Crippen LogP contribution in [0.15, 0.2) is 18.2 Å². The minimum absolute atomic E-state index is 0.0341. The van der Waals surface area contributed by atoms with E-state index >= 15 is 0 Å². The highest BCUT2D eigenvalue weighted by atomic mass is 35.5. The predicted octanol–water partition coefficient (Wildman–Crippen LogP) is 2.41. The lowest BCUT2D eigenvalue weighted by Crippen LogP contribution is -2.34. The first-order valence-corrected chi connectivity index (χ1v) is 6.35. The summed E-state index contributed by atoms with van der Waals surface area (Å²) in [7, 11) is 1.54. The Hall–Kier alpha value is -1.30. The third kappa shape index (κ3) is 3.00. The van der Waals surface area contributed by atoms with Gasteiger partial charge in [0.1, 0.15) is 6.54 Å². The van der Waals surface area contributed by atoms with E-state index in [0.717, 1.165) is 4.90 Å². The summed E-state index contributed by atoms with van der Waals surface area (Å²) in [6.07, 6.45) is 0. The number of carbonyl (C=O) groups excluding carboxylic acids is 2. The van der Waals surface area contributed by atoms with Gasteiger partial charge in [0.15, 0.2) is 0 Å². The summed E-state index contributed by atoms with van der Waals surface area (Å²) in [5.74, 6) is -0.306. The van der Waals surface area contributed by atoms with Gasteiger partial charge < -0.3 is 9.64 Å². The van der Waals surface area contributed by atoms with Gasteiger partial charge >= 0.3 is 6.03 Å². The van der Waals surface area contributed by atoms with Crippen LogP contribution in [0.1, 0.15) is 0 Å². The van der Waals surface area contributed by atoms with E-state index < -0.39 is 0 Å².